The number of methoxy groups -OCH3 is 1. The Morgan fingerprint density at radius 1 is 1.17 bits per heavy atom. The van der Waals surface area contributed by atoms with Crippen molar-refractivity contribution in [1.29, 1.82) is 0 Å². The summed E-state index contributed by atoms with van der Waals surface area (Å²) in [5.74, 6) is -0.854. The van der Waals surface area contributed by atoms with E-state index in [4.69, 9.17) is 15.2 Å². The summed E-state index contributed by atoms with van der Waals surface area (Å²) in [7, 11) is 3.32. The van der Waals surface area contributed by atoms with Crippen molar-refractivity contribution in [2.75, 3.05) is 32.7 Å². The molecule has 1 amide bonds. The van der Waals surface area contributed by atoms with Crippen LogP contribution in [0.25, 0.3) is 16.8 Å². The molecule has 4 atom stereocenters. The number of ether oxygens (including phenoxy) is 2. The highest BCUT2D eigenvalue weighted by molar-refractivity contribution is 5.73. The van der Waals surface area contributed by atoms with E-state index in [1.54, 1.807) is 49.6 Å². The van der Waals surface area contributed by atoms with Gasteiger partial charge in [-0.1, -0.05) is 6.92 Å². The van der Waals surface area contributed by atoms with Gasteiger partial charge in [-0.25, -0.2) is 13.8 Å². The number of nitrogens with one attached hydrogen (secondary N) is 1. The lowest BCUT2D eigenvalue weighted by Gasteiger charge is -2.43. The number of amides is 1. The quantitative estimate of drug-likeness (QED) is 0.278. The van der Waals surface area contributed by atoms with Crippen LogP contribution in [-0.4, -0.2) is 69.8 Å². The second-order valence-corrected chi connectivity index (χ2v) is 10.8. The monoisotopic (exact) mass is 579 g/mol. The molecule has 0 unspecified atom stereocenters. The van der Waals surface area contributed by atoms with Crippen molar-refractivity contribution in [3.63, 3.8) is 0 Å². The summed E-state index contributed by atoms with van der Waals surface area (Å²) in [5, 5.41) is 7.84. The lowest BCUT2D eigenvalue weighted by Crippen LogP contribution is -2.54. The highest BCUT2D eigenvalue weighted by atomic mass is 19.1. The minimum absolute atomic E-state index is 0.00353. The third-order valence-electron chi connectivity index (χ3n) is 7.93. The number of hydrogen-bond donors (Lipinski definition) is 2. The molecular formula is C30H35F2N7O3. The zero-order valence-electron chi connectivity index (χ0n) is 24.1. The van der Waals surface area contributed by atoms with Crippen LogP contribution in [0.2, 0.25) is 0 Å². The van der Waals surface area contributed by atoms with Crippen LogP contribution in [0.4, 0.5) is 20.4 Å². The number of halogens is 2. The molecule has 3 N–H and O–H groups in total. The van der Waals surface area contributed by atoms with Gasteiger partial charge in [0.15, 0.2) is 0 Å². The van der Waals surface area contributed by atoms with Crippen molar-refractivity contribution < 1.29 is 23.0 Å². The van der Waals surface area contributed by atoms with Gasteiger partial charge in [0.2, 0.25) is 11.9 Å². The Hall–Kier alpha value is -4.16. The minimum Gasteiger partial charge on any atom is -0.491 e. The molecule has 10 nitrogen and oxygen atoms in total. The standard InChI is InChI=1S/C30H35F2N7O3/c1-17-11-19(12-25(33)29(17)38(3)18(2)40)22-7-8-34-16-27(22)36-30-35-15-20-5-6-26(37-39(20)30)28-23(31)13-21(14-24(28)32)42-10-9-41-4/h5-8,13-17,19,25,29H,9-12,33H2,1-4H3,(H,35,36)/t17-,19+,25+,29-/m0/s1. The van der Waals surface area contributed by atoms with Crippen LogP contribution in [-0.2, 0) is 9.53 Å². The van der Waals surface area contributed by atoms with Crippen LogP contribution in [0.5, 0.6) is 5.75 Å². The van der Waals surface area contributed by atoms with Crippen LogP contribution in [0.15, 0.2) is 48.9 Å². The Morgan fingerprint density at radius 3 is 2.62 bits per heavy atom. The van der Waals surface area contributed by atoms with Gasteiger partial charge >= 0.3 is 0 Å². The first-order valence-corrected chi connectivity index (χ1v) is 13.8. The Bertz CT molecular complexity index is 1540. The zero-order valence-corrected chi connectivity index (χ0v) is 24.1. The maximum atomic E-state index is 15.1. The number of imidazole rings is 1. The van der Waals surface area contributed by atoms with Crippen LogP contribution in [0.3, 0.4) is 0 Å². The fourth-order valence-electron chi connectivity index (χ4n) is 5.92. The molecular weight excluding hydrogens is 544 g/mol. The van der Waals surface area contributed by atoms with E-state index in [1.165, 1.54) is 11.6 Å². The Kier molecular flexibility index (Phi) is 8.64. The third-order valence-corrected chi connectivity index (χ3v) is 7.93. The molecule has 0 aliphatic heterocycles. The summed E-state index contributed by atoms with van der Waals surface area (Å²) in [6.45, 7) is 4.14. The molecule has 3 heterocycles. The molecule has 0 spiro atoms. The molecule has 0 bridgehead atoms. The Balaban J connectivity index is 1.42. The highest BCUT2D eigenvalue weighted by Crippen LogP contribution is 2.40. The molecule has 3 aromatic heterocycles. The first kappa shape index (κ1) is 29.3. The lowest BCUT2D eigenvalue weighted by atomic mass is 9.73. The number of nitrogens with two attached hydrogens (primary N) is 1. The number of rotatable bonds is 9. The summed E-state index contributed by atoms with van der Waals surface area (Å²) in [6, 6.07) is 7.22. The van der Waals surface area contributed by atoms with Crippen molar-refractivity contribution in [3.8, 4) is 17.0 Å². The summed E-state index contributed by atoms with van der Waals surface area (Å²) >= 11 is 0. The number of aromatic nitrogens is 4. The third kappa shape index (κ3) is 5.90. The van der Waals surface area contributed by atoms with Crippen molar-refractivity contribution in [2.24, 2.45) is 11.7 Å². The lowest BCUT2D eigenvalue weighted by molar-refractivity contribution is -0.131. The van der Waals surface area contributed by atoms with E-state index in [1.807, 2.05) is 6.07 Å². The topological polar surface area (TPSA) is 120 Å². The number of benzene rings is 1. The molecule has 42 heavy (non-hydrogen) atoms. The number of carbonyl (C=O) groups excluding carboxylic acids is 1. The van der Waals surface area contributed by atoms with E-state index in [9.17, 15) is 4.79 Å². The summed E-state index contributed by atoms with van der Waals surface area (Å²) < 4.78 is 41.9. The molecule has 1 fully saturated rings. The van der Waals surface area contributed by atoms with Crippen LogP contribution >= 0.6 is 0 Å². The van der Waals surface area contributed by atoms with Gasteiger partial charge in [-0.15, -0.1) is 0 Å². The summed E-state index contributed by atoms with van der Waals surface area (Å²) in [4.78, 5) is 22.5. The van der Waals surface area contributed by atoms with Gasteiger partial charge in [0.1, 0.15) is 24.0 Å². The molecule has 12 heteroatoms. The van der Waals surface area contributed by atoms with Gasteiger partial charge in [-0.05, 0) is 48.4 Å². The fourth-order valence-corrected chi connectivity index (χ4v) is 5.92. The van der Waals surface area contributed by atoms with Crippen LogP contribution < -0.4 is 15.8 Å². The predicted molar refractivity (Wildman–Crippen MR) is 155 cm³/mol. The van der Waals surface area contributed by atoms with Gasteiger partial charge in [-0.2, -0.15) is 9.61 Å². The SMILES string of the molecule is COCCOc1cc(F)c(-c2ccc3cnc(Nc4cnccc4[C@H]4C[C@@H](N)[C@@H](N(C)C(C)=O)[C@@H](C)C4)n3n2)c(F)c1. The number of fused-ring (bicyclic) bond motifs is 1. The Labute approximate surface area is 242 Å². The average Bonchev–Trinajstić information content (AvgIpc) is 3.34. The highest BCUT2D eigenvalue weighted by Gasteiger charge is 2.38. The molecule has 4 aromatic rings. The van der Waals surface area contributed by atoms with E-state index in [2.05, 4.69) is 27.3 Å². The largest absolute Gasteiger partial charge is 0.491 e. The van der Waals surface area contributed by atoms with Crippen molar-refractivity contribution in [2.45, 2.75) is 44.7 Å². The predicted octanol–water partition coefficient (Wildman–Crippen LogP) is 4.53. The molecule has 1 aliphatic carbocycles. The molecule has 1 saturated carbocycles. The maximum Gasteiger partial charge on any atom is 0.229 e. The van der Waals surface area contributed by atoms with E-state index in [0.717, 1.165) is 29.8 Å². The van der Waals surface area contributed by atoms with E-state index < -0.39 is 11.6 Å². The number of likely N-dealkylation sites (N-methyl/N-ethyl adjacent to an activating group) is 1. The van der Waals surface area contributed by atoms with Crippen molar-refractivity contribution in [1.82, 2.24) is 24.5 Å². The van der Waals surface area contributed by atoms with E-state index >= 15 is 8.78 Å². The second-order valence-electron chi connectivity index (χ2n) is 10.8. The van der Waals surface area contributed by atoms with Gasteiger partial charge in [-0.3, -0.25) is 9.78 Å². The zero-order chi connectivity index (χ0) is 30.0. The summed E-state index contributed by atoms with van der Waals surface area (Å²) in [6.07, 6.45) is 6.60. The van der Waals surface area contributed by atoms with Gasteiger partial charge in [0.05, 0.1) is 41.5 Å². The molecule has 0 radical (unpaired) electrons. The maximum absolute atomic E-state index is 15.1. The van der Waals surface area contributed by atoms with Crippen molar-refractivity contribution >= 4 is 23.1 Å². The first-order valence-electron chi connectivity index (χ1n) is 13.8. The smallest absolute Gasteiger partial charge is 0.229 e. The summed E-state index contributed by atoms with van der Waals surface area (Å²) in [5.41, 5.74) is 8.81. The molecule has 0 saturated heterocycles. The van der Waals surface area contributed by atoms with Gasteiger partial charge < -0.3 is 25.4 Å². The number of pyridine rings is 1. The fraction of sp³-hybridized carbons (Fsp3) is 0.400. The first-order chi connectivity index (χ1) is 20.2. The van der Waals surface area contributed by atoms with Gasteiger partial charge in [0, 0.05) is 51.5 Å². The number of hydrogen-bond acceptors (Lipinski definition) is 8. The molecule has 1 aliphatic rings. The minimum atomic E-state index is -0.796. The molecule has 5 rings (SSSR count). The Morgan fingerprint density at radius 2 is 1.93 bits per heavy atom. The molecule has 222 valence electrons. The number of nitrogens with zero attached hydrogens (tertiary/aromatic N) is 5. The van der Waals surface area contributed by atoms with Gasteiger partial charge in [0.25, 0.3) is 0 Å². The normalized spacial score (nSPS) is 20.5. The van der Waals surface area contributed by atoms with Crippen LogP contribution in [0.1, 0.15) is 38.2 Å². The van der Waals surface area contributed by atoms with E-state index in [-0.39, 0.29) is 53.4 Å². The number of anilines is 2. The van der Waals surface area contributed by atoms with Crippen molar-refractivity contribution in [3.05, 3.63) is 66.1 Å². The average molecular weight is 580 g/mol. The van der Waals surface area contributed by atoms with Crippen LogP contribution in [0, 0.1) is 17.6 Å². The van der Waals surface area contributed by atoms with E-state index in [0.29, 0.717) is 24.5 Å². The molecule has 1 aromatic carbocycles. The number of carbonyl (C=O) groups is 1. The second kappa shape index (κ2) is 12.4.